The van der Waals surface area contributed by atoms with Gasteiger partial charge in [0.15, 0.2) is 0 Å². The quantitative estimate of drug-likeness (QED) is 0.466. The van der Waals surface area contributed by atoms with E-state index in [4.69, 9.17) is 16.1 Å². The van der Waals surface area contributed by atoms with Crippen LogP contribution in [0.15, 0.2) is 34.5 Å². The van der Waals surface area contributed by atoms with E-state index in [1.807, 2.05) is 0 Å². The van der Waals surface area contributed by atoms with Crippen molar-refractivity contribution in [3.05, 3.63) is 45.8 Å². The van der Waals surface area contributed by atoms with E-state index in [-0.39, 0.29) is 6.42 Å². The summed E-state index contributed by atoms with van der Waals surface area (Å²) in [4.78, 5) is 18.4. The maximum absolute atomic E-state index is 12.7. The smallest absolute Gasteiger partial charge is 0.261 e. The molecular formula is C13H14FN5O3. The molecule has 1 amide bonds. The maximum atomic E-state index is 12.7. The zero-order valence-electron chi connectivity index (χ0n) is 11.5. The second-order valence-corrected chi connectivity index (χ2v) is 4.73. The van der Waals surface area contributed by atoms with Crippen LogP contribution in [0.5, 0.6) is 0 Å². The number of nitrogens with zero attached hydrogens (tertiary/aromatic N) is 4. The van der Waals surface area contributed by atoms with Gasteiger partial charge in [-0.25, -0.2) is 0 Å². The minimum Gasteiger partial charge on any atom is -0.388 e. The number of aliphatic hydroxyl groups is 1. The highest BCUT2D eigenvalue weighted by atomic mass is 19.1. The minimum atomic E-state index is -1.24. The van der Waals surface area contributed by atoms with Crippen LogP contribution in [0.25, 0.3) is 10.4 Å². The normalized spacial score (nSPS) is 19.5. The Morgan fingerprint density at radius 1 is 1.59 bits per heavy atom. The molecule has 2 rings (SSSR count). The Balaban J connectivity index is 2.11. The molecule has 1 aliphatic heterocycles. The Morgan fingerprint density at radius 3 is 2.77 bits per heavy atom. The van der Waals surface area contributed by atoms with Gasteiger partial charge < -0.3 is 15.7 Å². The van der Waals surface area contributed by atoms with Gasteiger partial charge in [0.2, 0.25) is 6.10 Å². The first-order valence-electron chi connectivity index (χ1n) is 6.47. The standard InChI is InChI=1S/C13H14FN5O3/c14-6-10(17-19-16)12(20)8-3-1-7(2-4-8)9-5-11(13(15)21)22-18-9/h1-4,10-12,20H,5-6H2,(H2,15,21)/t10-,11+,12-/m1/s1. The minimum absolute atomic E-state index is 0.267. The van der Waals surface area contributed by atoms with Gasteiger partial charge in [0.25, 0.3) is 5.91 Å². The molecule has 8 nitrogen and oxygen atoms in total. The third-order valence-corrected chi connectivity index (χ3v) is 3.29. The summed E-state index contributed by atoms with van der Waals surface area (Å²) >= 11 is 0. The number of oxime groups is 1. The Morgan fingerprint density at radius 2 is 2.27 bits per heavy atom. The highest BCUT2D eigenvalue weighted by Gasteiger charge is 2.27. The number of amides is 1. The summed E-state index contributed by atoms with van der Waals surface area (Å²) < 4.78 is 12.7. The van der Waals surface area contributed by atoms with Crippen LogP contribution in [0.2, 0.25) is 0 Å². The van der Waals surface area contributed by atoms with E-state index >= 15 is 0 Å². The molecule has 0 unspecified atom stereocenters. The largest absolute Gasteiger partial charge is 0.388 e. The second-order valence-electron chi connectivity index (χ2n) is 4.73. The van der Waals surface area contributed by atoms with E-state index in [9.17, 15) is 14.3 Å². The molecular weight excluding hydrogens is 293 g/mol. The van der Waals surface area contributed by atoms with Gasteiger partial charge in [-0.2, -0.15) is 0 Å². The molecule has 1 aromatic carbocycles. The van der Waals surface area contributed by atoms with Crippen molar-refractivity contribution in [2.75, 3.05) is 6.67 Å². The number of azide groups is 1. The summed E-state index contributed by atoms with van der Waals surface area (Å²) in [6, 6.07) is 5.25. The average molecular weight is 307 g/mol. The maximum Gasteiger partial charge on any atom is 0.261 e. The van der Waals surface area contributed by atoms with Crippen LogP contribution in [0.1, 0.15) is 23.7 Å². The number of aliphatic hydroxyl groups excluding tert-OH is 1. The topological polar surface area (TPSA) is 134 Å². The predicted octanol–water partition coefficient (Wildman–Crippen LogP) is 1.35. The zero-order valence-corrected chi connectivity index (χ0v) is 11.5. The van der Waals surface area contributed by atoms with Gasteiger partial charge in [-0.15, -0.1) is 0 Å². The summed E-state index contributed by atoms with van der Waals surface area (Å²) in [5.74, 6) is -0.592. The molecule has 0 fully saturated rings. The van der Waals surface area contributed by atoms with Crippen LogP contribution in [0.4, 0.5) is 4.39 Å². The van der Waals surface area contributed by atoms with Crippen molar-refractivity contribution in [2.24, 2.45) is 16.0 Å². The zero-order chi connectivity index (χ0) is 16.1. The molecule has 0 saturated carbocycles. The summed E-state index contributed by atoms with van der Waals surface area (Å²) in [5.41, 5.74) is 15.1. The number of benzene rings is 1. The molecule has 0 aliphatic carbocycles. The third kappa shape index (κ3) is 3.33. The lowest BCUT2D eigenvalue weighted by molar-refractivity contribution is -0.127. The van der Waals surface area contributed by atoms with Crippen molar-refractivity contribution >= 4 is 11.6 Å². The van der Waals surface area contributed by atoms with Crippen molar-refractivity contribution in [3.63, 3.8) is 0 Å². The molecule has 0 bridgehead atoms. The number of hydrogen-bond donors (Lipinski definition) is 2. The Kier molecular flexibility index (Phi) is 4.92. The summed E-state index contributed by atoms with van der Waals surface area (Å²) in [6.45, 7) is -0.964. The number of primary amides is 1. The Bertz CT molecular complexity index is 627. The molecule has 0 spiro atoms. The Hall–Kier alpha value is -2.64. The molecule has 3 atom stereocenters. The highest BCUT2D eigenvalue weighted by Crippen LogP contribution is 2.22. The predicted molar refractivity (Wildman–Crippen MR) is 75.5 cm³/mol. The number of rotatable bonds is 6. The second kappa shape index (κ2) is 6.88. The van der Waals surface area contributed by atoms with Crippen LogP contribution >= 0.6 is 0 Å². The SMILES string of the molecule is [N-]=[N+]=N[C@H](CF)[C@H](O)c1ccc(C2=NO[C@H](C(N)=O)C2)cc1. The van der Waals surface area contributed by atoms with E-state index < -0.39 is 30.8 Å². The summed E-state index contributed by atoms with van der Waals surface area (Å²) in [6.07, 6.45) is -1.75. The fourth-order valence-corrected chi connectivity index (χ4v) is 2.04. The lowest BCUT2D eigenvalue weighted by atomic mass is 9.99. The lowest BCUT2D eigenvalue weighted by Crippen LogP contribution is -2.28. The summed E-state index contributed by atoms with van der Waals surface area (Å²) in [5, 5.41) is 17.0. The number of nitrogens with two attached hydrogens (primary N) is 1. The first-order valence-corrected chi connectivity index (χ1v) is 6.47. The van der Waals surface area contributed by atoms with E-state index in [0.29, 0.717) is 16.8 Å². The monoisotopic (exact) mass is 307 g/mol. The van der Waals surface area contributed by atoms with E-state index in [1.54, 1.807) is 24.3 Å². The van der Waals surface area contributed by atoms with Gasteiger partial charge in [0.1, 0.15) is 6.67 Å². The van der Waals surface area contributed by atoms with Crippen LogP contribution in [0.3, 0.4) is 0 Å². The van der Waals surface area contributed by atoms with Crippen LogP contribution in [-0.2, 0) is 9.63 Å². The Labute approximate surface area is 125 Å². The molecule has 1 heterocycles. The lowest BCUT2D eigenvalue weighted by Gasteiger charge is -2.15. The summed E-state index contributed by atoms with van der Waals surface area (Å²) in [7, 11) is 0. The van der Waals surface area contributed by atoms with E-state index in [2.05, 4.69) is 15.2 Å². The highest BCUT2D eigenvalue weighted by molar-refractivity contribution is 6.03. The molecule has 3 N–H and O–H groups in total. The van der Waals surface area contributed by atoms with Crippen molar-refractivity contribution in [1.29, 1.82) is 0 Å². The van der Waals surface area contributed by atoms with Crippen LogP contribution < -0.4 is 5.73 Å². The number of alkyl halides is 1. The van der Waals surface area contributed by atoms with Crippen molar-refractivity contribution in [3.8, 4) is 0 Å². The first kappa shape index (κ1) is 15.7. The molecule has 116 valence electrons. The first-order chi connectivity index (χ1) is 10.6. The molecule has 1 aromatic rings. The molecule has 9 heteroatoms. The van der Waals surface area contributed by atoms with Crippen LogP contribution in [-0.4, -0.2) is 35.5 Å². The van der Waals surface area contributed by atoms with Gasteiger partial charge in [-0.05, 0) is 16.7 Å². The van der Waals surface area contributed by atoms with E-state index in [0.717, 1.165) is 0 Å². The van der Waals surface area contributed by atoms with Gasteiger partial charge in [0, 0.05) is 11.3 Å². The van der Waals surface area contributed by atoms with Crippen molar-refractivity contribution < 1.29 is 19.1 Å². The molecule has 22 heavy (non-hydrogen) atoms. The number of carbonyl (C=O) groups excluding carboxylic acids is 1. The number of hydrogen-bond acceptors (Lipinski definition) is 5. The average Bonchev–Trinajstić information content (AvgIpc) is 3.02. The number of carbonyl (C=O) groups is 1. The molecule has 1 aliphatic rings. The fourth-order valence-electron chi connectivity index (χ4n) is 2.04. The van der Waals surface area contributed by atoms with Crippen molar-refractivity contribution in [1.82, 2.24) is 0 Å². The fraction of sp³-hybridized carbons (Fsp3) is 0.385. The van der Waals surface area contributed by atoms with Gasteiger partial charge in [-0.1, -0.05) is 34.5 Å². The van der Waals surface area contributed by atoms with Crippen molar-refractivity contribution in [2.45, 2.75) is 24.7 Å². The van der Waals surface area contributed by atoms with Gasteiger partial charge in [0.05, 0.1) is 17.9 Å². The molecule has 0 saturated heterocycles. The number of halogens is 1. The van der Waals surface area contributed by atoms with Gasteiger partial charge >= 0.3 is 0 Å². The van der Waals surface area contributed by atoms with Crippen LogP contribution in [0, 0.1) is 0 Å². The molecule has 0 radical (unpaired) electrons. The third-order valence-electron chi connectivity index (χ3n) is 3.29. The van der Waals surface area contributed by atoms with E-state index in [1.165, 1.54) is 0 Å². The van der Waals surface area contributed by atoms with Gasteiger partial charge in [-0.3, -0.25) is 9.18 Å². The molecule has 0 aromatic heterocycles.